The minimum absolute atomic E-state index is 0.0267. The van der Waals surface area contributed by atoms with Crippen LogP contribution >= 0.6 is 11.8 Å². The molecule has 0 saturated heterocycles. The topological polar surface area (TPSA) is 249 Å². The predicted octanol–water partition coefficient (Wildman–Crippen LogP) is 3.78. The van der Waals surface area contributed by atoms with E-state index in [4.69, 9.17) is 4.74 Å². The number of nitrogens with one attached hydrogen (secondary N) is 5. The molecule has 1 spiro atoms. The molecule has 2 fully saturated rings. The van der Waals surface area contributed by atoms with E-state index >= 15 is 4.79 Å². The van der Waals surface area contributed by atoms with E-state index in [0.29, 0.717) is 24.0 Å². The number of aliphatic hydroxyl groups excluding tert-OH is 1. The second kappa shape index (κ2) is 22.0. The molecular formula is C49H66N6O10S. The maximum atomic E-state index is 15.0. The molecule has 17 heteroatoms. The third kappa shape index (κ3) is 11.0. The third-order valence-corrected chi connectivity index (χ3v) is 16.5. The first-order valence-corrected chi connectivity index (χ1v) is 24.6. The van der Waals surface area contributed by atoms with Gasteiger partial charge in [-0.25, -0.2) is 9.59 Å². The molecule has 2 bridgehead atoms. The Balaban J connectivity index is 1.29. The summed E-state index contributed by atoms with van der Waals surface area (Å²) in [5, 5.41) is 53.4. The number of aliphatic carboxylic acids is 2. The fraction of sp³-hybridized carbons (Fsp3) is 0.592. The largest absolute Gasteiger partial charge is 0.478 e. The monoisotopic (exact) mass is 930 g/mol. The van der Waals surface area contributed by atoms with E-state index in [1.54, 1.807) is 19.4 Å². The Bertz CT molecular complexity index is 2130. The molecule has 8 rings (SSSR count). The van der Waals surface area contributed by atoms with E-state index in [0.717, 1.165) is 93.8 Å². The van der Waals surface area contributed by atoms with Gasteiger partial charge in [-0.05, 0) is 129 Å². The Hall–Kier alpha value is -4.65. The molecule has 1 aromatic carbocycles. The molecule has 1 aromatic heterocycles. The van der Waals surface area contributed by atoms with Crippen molar-refractivity contribution in [2.75, 3.05) is 26.5 Å². The van der Waals surface area contributed by atoms with Crippen LogP contribution in [0.15, 0.2) is 77.3 Å². The minimum atomic E-state index is -2.46. The van der Waals surface area contributed by atoms with Gasteiger partial charge >= 0.3 is 17.9 Å². The molecule has 16 nitrogen and oxygen atoms in total. The zero-order valence-corrected chi connectivity index (χ0v) is 38.7. The molecule has 2 saturated carbocycles. The number of benzene rings is 1. The summed E-state index contributed by atoms with van der Waals surface area (Å²) in [6.07, 6.45) is 12.2. The maximum Gasteiger partial charge on any atom is 0.353 e. The Morgan fingerprint density at radius 1 is 0.970 bits per heavy atom. The van der Waals surface area contributed by atoms with Gasteiger partial charge in [0.05, 0.1) is 5.25 Å². The van der Waals surface area contributed by atoms with Crippen molar-refractivity contribution in [1.82, 2.24) is 31.6 Å². The smallest absolute Gasteiger partial charge is 0.353 e. The zero-order valence-electron chi connectivity index (χ0n) is 37.9. The number of amides is 2. The van der Waals surface area contributed by atoms with Crippen LogP contribution in [0.5, 0.6) is 0 Å². The second-order valence-corrected chi connectivity index (χ2v) is 20.0. The van der Waals surface area contributed by atoms with Crippen LogP contribution in [-0.4, -0.2) is 111 Å². The van der Waals surface area contributed by atoms with Crippen molar-refractivity contribution in [3.05, 3.63) is 88.5 Å². The van der Waals surface area contributed by atoms with E-state index in [-0.39, 0.29) is 35.8 Å². The number of rotatable bonds is 21. The number of allylic oxidation sites excluding steroid dienone is 1. The van der Waals surface area contributed by atoms with Gasteiger partial charge in [-0.15, -0.1) is 11.8 Å². The maximum absolute atomic E-state index is 15.0. The summed E-state index contributed by atoms with van der Waals surface area (Å²) < 4.78 is 6.75. The quantitative estimate of drug-likeness (QED) is 0.0491. The minimum Gasteiger partial charge on any atom is -0.478 e. The Kier molecular flexibility index (Phi) is 16.4. The number of carbonyl (C=O) groups is 5. The average molecular weight is 931 g/mol. The highest BCUT2D eigenvalue weighted by Gasteiger charge is 2.57. The van der Waals surface area contributed by atoms with Gasteiger partial charge < -0.3 is 46.4 Å². The summed E-state index contributed by atoms with van der Waals surface area (Å²) in [4.78, 5) is 70.4. The number of carboxylic acid groups (broad SMARTS) is 2. The molecule has 9 N–H and O–H groups in total. The van der Waals surface area contributed by atoms with Crippen LogP contribution in [0.2, 0.25) is 0 Å². The van der Waals surface area contributed by atoms with E-state index in [9.17, 15) is 39.6 Å². The molecule has 66 heavy (non-hydrogen) atoms. The third-order valence-electron chi connectivity index (χ3n) is 14.9. The molecule has 2 heterocycles. The number of ether oxygens (including phenoxy) is 1. The molecule has 358 valence electrons. The van der Waals surface area contributed by atoms with Crippen molar-refractivity contribution < 1.29 is 49.1 Å². The van der Waals surface area contributed by atoms with Crippen LogP contribution in [0.4, 0.5) is 0 Å². The highest BCUT2D eigenvalue weighted by molar-refractivity contribution is 8.00. The first-order chi connectivity index (χ1) is 31.8. The van der Waals surface area contributed by atoms with Crippen molar-refractivity contribution in [3.63, 3.8) is 0 Å². The zero-order chi connectivity index (χ0) is 47.0. The van der Waals surface area contributed by atoms with Crippen LogP contribution in [-0.2, 0) is 41.6 Å². The van der Waals surface area contributed by atoms with E-state index in [1.165, 1.54) is 22.9 Å². The van der Waals surface area contributed by atoms with Crippen molar-refractivity contribution in [1.29, 1.82) is 0 Å². The predicted molar refractivity (Wildman–Crippen MR) is 247 cm³/mol. The van der Waals surface area contributed by atoms with Gasteiger partial charge in [0.15, 0.2) is 0 Å². The lowest BCUT2D eigenvalue weighted by Crippen LogP contribution is -2.56. The first kappa shape index (κ1) is 49.3. The molecule has 7 unspecified atom stereocenters. The number of carboxylic acids is 2. The number of likely N-dealkylation sites (N-methyl/N-ethyl adjacent to an activating group) is 1. The van der Waals surface area contributed by atoms with Gasteiger partial charge in [0.2, 0.25) is 23.8 Å². The summed E-state index contributed by atoms with van der Waals surface area (Å²) >= 11 is 1.42. The molecule has 2 amide bonds. The van der Waals surface area contributed by atoms with Crippen LogP contribution in [0.1, 0.15) is 94.6 Å². The summed E-state index contributed by atoms with van der Waals surface area (Å²) in [6, 6.07) is 12.9. The van der Waals surface area contributed by atoms with E-state index < -0.39 is 65.8 Å². The van der Waals surface area contributed by atoms with Gasteiger partial charge in [-0.1, -0.05) is 61.6 Å². The standard InChI is InChI=1S/C49H66N6O10S/c1-50-28-53-49(64,47(62)63)21-16-37(56)54-36(43(57)55-44(58)45(59)60)27-66-42-41-39-33(24-30-10-13-34(14-11-30)48(42)19-6-7-20-48)26-32(25-31-17-22-52-23-18-31)38(40(39)46(61)65-41)35(51-2)15-12-29-8-4-3-5-9-29/h3-5,8-9,17-18,22-23,30,33-36,40,42,44,50-51,53,58,64H,6-7,10-16,19-21,24-28H2,1-2H3,(H,54,56)(H,55,57)(H,59,60)(H,62,63). The van der Waals surface area contributed by atoms with Crippen molar-refractivity contribution in [2.45, 2.75) is 126 Å². The summed E-state index contributed by atoms with van der Waals surface area (Å²) in [5.41, 5.74) is 2.89. The first-order valence-electron chi connectivity index (χ1n) is 23.5. The molecule has 5 aliphatic carbocycles. The lowest BCUT2D eigenvalue weighted by atomic mass is 9.59. The normalized spacial score (nSPS) is 25.6. The van der Waals surface area contributed by atoms with Gasteiger partial charge in [-0.3, -0.25) is 24.7 Å². The number of pyridine rings is 1. The van der Waals surface area contributed by atoms with Crippen molar-refractivity contribution in [3.8, 4) is 0 Å². The van der Waals surface area contributed by atoms with Crippen LogP contribution < -0.4 is 26.6 Å². The fourth-order valence-corrected chi connectivity index (χ4v) is 13.4. The van der Waals surface area contributed by atoms with Crippen molar-refractivity contribution >= 4 is 41.5 Å². The molecule has 0 radical (unpaired) electrons. The Morgan fingerprint density at radius 2 is 1.68 bits per heavy atom. The average Bonchev–Trinajstić information content (AvgIpc) is 3.94. The van der Waals surface area contributed by atoms with Gasteiger partial charge in [0.25, 0.3) is 0 Å². The number of fused-ring (bicyclic) bond motifs is 2. The molecule has 1 aliphatic heterocycles. The number of esters is 1. The lowest BCUT2D eigenvalue weighted by molar-refractivity contribution is -0.164. The second-order valence-electron chi connectivity index (χ2n) is 18.9. The van der Waals surface area contributed by atoms with E-state index in [1.807, 2.05) is 37.4 Å². The number of thioether (sulfide) groups is 1. The molecule has 2 aromatic rings. The highest BCUT2D eigenvalue weighted by Crippen LogP contribution is 2.62. The summed E-state index contributed by atoms with van der Waals surface area (Å²) in [6.45, 7) is -0.0687. The number of nitrogens with zero attached hydrogens (tertiary/aromatic N) is 1. The number of carbonyl (C=O) groups excluding carboxylic acids is 3. The molecular weight excluding hydrogens is 865 g/mol. The highest BCUT2D eigenvalue weighted by atomic mass is 32.2. The number of aromatic nitrogens is 1. The molecule has 7 atom stereocenters. The van der Waals surface area contributed by atoms with Crippen LogP contribution in [0.3, 0.4) is 0 Å². The number of hydrogen-bond donors (Lipinski definition) is 9. The summed E-state index contributed by atoms with van der Waals surface area (Å²) in [7, 11) is 3.50. The number of hydrogen-bond acceptors (Lipinski definition) is 13. The molecule has 6 aliphatic rings. The van der Waals surface area contributed by atoms with Crippen LogP contribution in [0.25, 0.3) is 0 Å². The summed E-state index contributed by atoms with van der Waals surface area (Å²) in [5.74, 6) is -4.49. The fourth-order valence-electron chi connectivity index (χ4n) is 11.7. The van der Waals surface area contributed by atoms with Gasteiger partial charge in [0.1, 0.15) is 17.7 Å². The van der Waals surface area contributed by atoms with Crippen LogP contribution in [0, 0.1) is 29.1 Å². The van der Waals surface area contributed by atoms with Gasteiger partial charge in [0, 0.05) is 43.7 Å². The lowest BCUT2D eigenvalue weighted by Gasteiger charge is -2.49. The Labute approximate surface area is 390 Å². The van der Waals surface area contributed by atoms with Crippen molar-refractivity contribution in [2.24, 2.45) is 29.1 Å². The number of aryl methyl sites for hydroxylation is 1. The van der Waals surface area contributed by atoms with E-state index in [2.05, 4.69) is 43.7 Å². The SMILES string of the molecule is CNCNC(O)(CCC(=O)NC(CSC1C2=C3C(CC(Cc4ccncc4)=C(C(CCc4ccccc4)NC)C3C(=O)O2)CC2CCC(CC2)C12CCCC2)C(=O)NC(O)C(=O)O)C(=O)O. The van der Waals surface area contributed by atoms with Gasteiger partial charge in [-0.2, -0.15) is 0 Å². The Morgan fingerprint density at radius 3 is 2.33 bits per heavy atom. The number of aliphatic hydroxyl groups is 2.